The van der Waals surface area contributed by atoms with Crippen LogP contribution in [-0.2, 0) is 9.59 Å². The minimum absolute atomic E-state index is 0.0765. The summed E-state index contributed by atoms with van der Waals surface area (Å²) in [6.07, 6.45) is 0. The lowest BCUT2D eigenvalue weighted by Crippen LogP contribution is -2.49. The molecule has 2 rings (SSSR count). The summed E-state index contributed by atoms with van der Waals surface area (Å²) >= 11 is 11.8. The van der Waals surface area contributed by atoms with Crippen molar-refractivity contribution < 1.29 is 9.59 Å². The van der Waals surface area contributed by atoms with E-state index in [2.05, 4.69) is 5.32 Å². The van der Waals surface area contributed by atoms with Crippen LogP contribution in [0.15, 0.2) is 18.2 Å². The molecule has 0 aromatic heterocycles. The number of carbonyl (C=O) groups is 2. The Bertz CT molecular complexity index is 523. The lowest BCUT2D eigenvalue weighted by molar-refractivity contribution is -0.130. The molecule has 0 radical (unpaired) electrons. The van der Waals surface area contributed by atoms with Crippen LogP contribution in [-0.4, -0.2) is 54.3 Å². The zero-order chi connectivity index (χ0) is 15.4. The Labute approximate surface area is 133 Å². The maximum Gasteiger partial charge on any atom is 0.238 e. The lowest BCUT2D eigenvalue weighted by Gasteiger charge is -2.33. The molecule has 1 aliphatic rings. The fourth-order valence-corrected chi connectivity index (χ4v) is 2.78. The summed E-state index contributed by atoms with van der Waals surface area (Å²) in [5.74, 6) is -0.0442. The standard InChI is InChI=1S/C14H17Cl2N3O2/c1-10(20)19-4-2-18(3-5-19)9-14(21)17-13-7-11(15)6-12(16)8-13/h6-8H,2-5,9H2,1H3,(H,17,21). The maximum absolute atomic E-state index is 12.0. The molecule has 1 aromatic carbocycles. The Hall–Kier alpha value is -1.30. The van der Waals surface area contributed by atoms with E-state index in [4.69, 9.17) is 23.2 Å². The van der Waals surface area contributed by atoms with Crippen molar-refractivity contribution >= 4 is 40.7 Å². The Morgan fingerprint density at radius 1 is 1.10 bits per heavy atom. The number of amides is 2. The molecule has 0 unspecified atom stereocenters. The van der Waals surface area contributed by atoms with Crippen molar-refractivity contribution in [2.45, 2.75) is 6.92 Å². The number of hydrogen-bond donors (Lipinski definition) is 1. The Morgan fingerprint density at radius 2 is 1.67 bits per heavy atom. The first-order valence-electron chi connectivity index (χ1n) is 6.68. The van der Waals surface area contributed by atoms with Gasteiger partial charge in [0.1, 0.15) is 0 Å². The fraction of sp³-hybridized carbons (Fsp3) is 0.429. The van der Waals surface area contributed by atoms with Crippen molar-refractivity contribution in [3.05, 3.63) is 28.2 Å². The van der Waals surface area contributed by atoms with Gasteiger partial charge in [-0.15, -0.1) is 0 Å². The van der Waals surface area contributed by atoms with Crippen molar-refractivity contribution in [1.29, 1.82) is 0 Å². The zero-order valence-electron chi connectivity index (χ0n) is 11.7. The molecule has 0 bridgehead atoms. The number of hydrogen-bond acceptors (Lipinski definition) is 3. The van der Waals surface area contributed by atoms with Crippen LogP contribution < -0.4 is 5.32 Å². The second kappa shape index (κ2) is 7.11. The Balaban J connectivity index is 1.84. The minimum atomic E-state index is -0.121. The molecule has 7 heteroatoms. The molecule has 1 saturated heterocycles. The maximum atomic E-state index is 12.0. The monoisotopic (exact) mass is 329 g/mol. The molecular weight excluding hydrogens is 313 g/mol. The average molecular weight is 330 g/mol. The van der Waals surface area contributed by atoms with Crippen LogP contribution in [0.25, 0.3) is 0 Å². The van der Waals surface area contributed by atoms with Crippen LogP contribution in [0.3, 0.4) is 0 Å². The fourth-order valence-electron chi connectivity index (χ4n) is 2.25. The molecule has 1 N–H and O–H groups in total. The molecule has 114 valence electrons. The summed E-state index contributed by atoms with van der Waals surface area (Å²) in [6, 6.07) is 4.91. The Morgan fingerprint density at radius 3 is 2.19 bits per heavy atom. The molecule has 1 aliphatic heterocycles. The van der Waals surface area contributed by atoms with E-state index >= 15 is 0 Å². The average Bonchev–Trinajstić information content (AvgIpc) is 2.37. The first-order valence-corrected chi connectivity index (χ1v) is 7.43. The summed E-state index contributed by atoms with van der Waals surface area (Å²) < 4.78 is 0. The number of rotatable bonds is 3. The van der Waals surface area contributed by atoms with Crippen LogP contribution in [0.1, 0.15) is 6.92 Å². The minimum Gasteiger partial charge on any atom is -0.340 e. The number of nitrogens with zero attached hydrogens (tertiary/aromatic N) is 2. The van der Waals surface area contributed by atoms with Gasteiger partial charge in [-0.1, -0.05) is 23.2 Å². The molecule has 0 spiro atoms. The van der Waals surface area contributed by atoms with Gasteiger partial charge >= 0.3 is 0 Å². The van der Waals surface area contributed by atoms with Gasteiger partial charge in [0.05, 0.1) is 6.54 Å². The highest BCUT2D eigenvalue weighted by molar-refractivity contribution is 6.35. The number of halogens is 2. The van der Waals surface area contributed by atoms with E-state index in [0.29, 0.717) is 41.9 Å². The van der Waals surface area contributed by atoms with Gasteiger partial charge in [0.15, 0.2) is 0 Å². The molecule has 1 heterocycles. The van der Waals surface area contributed by atoms with Gasteiger partial charge in [-0.2, -0.15) is 0 Å². The van der Waals surface area contributed by atoms with E-state index in [1.54, 1.807) is 30.0 Å². The molecular formula is C14H17Cl2N3O2. The van der Waals surface area contributed by atoms with Crippen molar-refractivity contribution in [3.8, 4) is 0 Å². The molecule has 0 aliphatic carbocycles. The third kappa shape index (κ3) is 4.88. The Kier molecular flexibility index (Phi) is 5.45. The summed E-state index contributed by atoms with van der Waals surface area (Å²) in [7, 11) is 0. The normalized spacial score (nSPS) is 15.9. The third-order valence-electron chi connectivity index (χ3n) is 3.33. The molecule has 21 heavy (non-hydrogen) atoms. The quantitative estimate of drug-likeness (QED) is 0.923. The van der Waals surface area contributed by atoms with Crippen LogP contribution in [0, 0.1) is 0 Å². The van der Waals surface area contributed by atoms with Gasteiger partial charge in [-0.3, -0.25) is 14.5 Å². The van der Waals surface area contributed by atoms with Crippen molar-refractivity contribution in [2.75, 3.05) is 38.0 Å². The number of anilines is 1. The van der Waals surface area contributed by atoms with Gasteiger partial charge in [0.25, 0.3) is 0 Å². The number of piperazine rings is 1. The molecule has 5 nitrogen and oxygen atoms in total. The van der Waals surface area contributed by atoms with E-state index < -0.39 is 0 Å². The zero-order valence-corrected chi connectivity index (χ0v) is 13.2. The van der Waals surface area contributed by atoms with Gasteiger partial charge < -0.3 is 10.2 Å². The highest BCUT2D eigenvalue weighted by atomic mass is 35.5. The molecule has 2 amide bonds. The van der Waals surface area contributed by atoms with Crippen LogP contribution >= 0.6 is 23.2 Å². The molecule has 1 aromatic rings. The van der Waals surface area contributed by atoms with Crippen molar-refractivity contribution in [1.82, 2.24) is 9.80 Å². The number of nitrogens with one attached hydrogen (secondary N) is 1. The van der Waals surface area contributed by atoms with E-state index in [1.165, 1.54) is 0 Å². The third-order valence-corrected chi connectivity index (χ3v) is 3.77. The molecule has 1 fully saturated rings. The smallest absolute Gasteiger partial charge is 0.238 e. The largest absolute Gasteiger partial charge is 0.340 e. The number of benzene rings is 1. The van der Waals surface area contributed by atoms with E-state index in [-0.39, 0.29) is 18.4 Å². The van der Waals surface area contributed by atoms with E-state index in [9.17, 15) is 9.59 Å². The SMILES string of the molecule is CC(=O)N1CCN(CC(=O)Nc2cc(Cl)cc(Cl)c2)CC1. The van der Waals surface area contributed by atoms with E-state index in [1.807, 2.05) is 4.90 Å². The number of carbonyl (C=O) groups excluding carboxylic acids is 2. The van der Waals surface area contributed by atoms with Crippen molar-refractivity contribution in [3.63, 3.8) is 0 Å². The van der Waals surface area contributed by atoms with Gasteiger partial charge in [0, 0.05) is 48.8 Å². The topological polar surface area (TPSA) is 52.7 Å². The van der Waals surface area contributed by atoms with Crippen molar-refractivity contribution in [2.24, 2.45) is 0 Å². The summed E-state index contributed by atoms with van der Waals surface area (Å²) in [6.45, 7) is 4.56. The summed E-state index contributed by atoms with van der Waals surface area (Å²) in [4.78, 5) is 27.0. The molecule has 0 saturated carbocycles. The second-order valence-corrected chi connectivity index (χ2v) is 5.86. The second-order valence-electron chi connectivity index (χ2n) is 4.99. The lowest BCUT2D eigenvalue weighted by atomic mass is 10.3. The van der Waals surface area contributed by atoms with Crippen LogP contribution in [0.5, 0.6) is 0 Å². The highest BCUT2D eigenvalue weighted by Crippen LogP contribution is 2.22. The molecule has 0 atom stereocenters. The summed E-state index contributed by atoms with van der Waals surface area (Å²) in [5.41, 5.74) is 0.583. The van der Waals surface area contributed by atoms with Gasteiger partial charge in [0.2, 0.25) is 11.8 Å². The predicted octanol–water partition coefficient (Wildman–Crippen LogP) is 2.10. The van der Waals surface area contributed by atoms with Gasteiger partial charge in [-0.25, -0.2) is 0 Å². The first kappa shape index (κ1) is 16.1. The van der Waals surface area contributed by atoms with E-state index in [0.717, 1.165) is 0 Å². The highest BCUT2D eigenvalue weighted by Gasteiger charge is 2.20. The van der Waals surface area contributed by atoms with Crippen LogP contribution in [0.4, 0.5) is 5.69 Å². The van der Waals surface area contributed by atoms with Crippen LogP contribution in [0.2, 0.25) is 10.0 Å². The summed E-state index contributed by atoms with van der Waals surface area (Å²) in [5, 5.41) is 3.73. The first-order chi connectivity index (χ1) is 9.94. The van der Waals surface area contributed by atoms with Gasteiger partial charge in [-0.05, 0) is 18.2 Å². The predicted molar refractivity (Wildman–Crippen MR) is 83.8 cm³/mol.